The Hall–Kier alpha value is -2.84. The van der Waals surface area contributed by atoms with Crippen molar-refractivity contribution in [2.75, 3.05) is 12.0 Å². The van der Waals surface area contributed by atoms with Gasteiger partial charge in [0, 0.05) is 36.0 Å². The van der Waals surface area contributed by atoms with Crippen molar-refractivity contribution in [1.29, 1.82) is 0 Å². The van der Waals surface area contributed by atoms with Crippen LogP contribution >= 0.6 is 0 Å². The first-order valence-corrected chi connectivity index (χ1v) is 9.48. The second-order valence-electron chi connectivity index (χ2n) is 7.36. The van der Waals surface area contributed by atoms with E-state index in [4.69, 9.17) is 4.74 Å². The number of fused-ring (bicyclic) bond motifs is 1. The fourth-order valence-electron chi connectivity index (χ4n) is 3.98. The lowest BCUT2D eigenvalue weighted by Crippen LogP contribution is -2.43. The van der Waals surface area contributed by atoms with E-state index in [0.29, 0.717) is 11.3 Å². The highest BCUT2D eigenvalue weighted by atomic mass is 19.4. The highest BCUT2D eigenvalue weighted by molar-refractivity contribution is 5.87. The Bertz CT molecular complexity index is 959. The average molecular weight is 406 g/mol. The van der Waals surface area contributed by atoms with Gasteiger partial charge in [-0.25, -0.2) is 0 Å². The molecule has 1 aromatic carbocycles. The van der Waals surface area contributed by atoms with Crippen LogP contribution in [0.5, 0.6) is 5.75 Å². The van der Waals surface area contributed by atoms with Gasteiger partial charge in [-0.15, -0.1) is 0 Å². The number of allylic oxidation sites excluding steroid dienone is 1. The van der Waals surface area contributed by atoms with Crippen molar-refractivity contribution in [2.45, 2.75) is 44.1 Å². The Morgan fingerprint density at radius 2 is 1.97 bits per heavy atom. The number of rotatable bonds is 4. The van der Waals surface area contributed by atoms with Gasteiger partial charge in [0.1, 0.15) is 12.0 Å². The predicted octanol–water partition coefficient (Wildman–Crippen LogP) is 4.27. The average Bonchev–Trinajstić information content (AvgIpc) is 3.15. The van der Waals surface area contributed by atoms with Crippen LogP contribution in [0.15, 0.2) is 35.6 Å². The summed E-state index contributed by atoms with van der Waals surface area (Å²) in [6, 6.07) is 3.48. The van der Waals surface area contributed by atoms with E-state index >= 15 is 0 Å². The third-order valence-corrected chi connectivity index (χ3v) is 5.53. The third-order valence-electron chi connectivity index (χ3n) is 5.53. The van der Waals surface area contributed by atoms with Crippen LogP contribution < -0.4 is 9.64 Å². The topological polar surface area (TPSA) is 59.7 Å². The number of alkyl halides is 3. The van der Waals surface area contributed by atoms with Gasteiger partial charge in [-0.1, -0.05) is 0 Å². The summed E-state index contributed by atoms with van der Waals surface area (Å²) in [5, 5.41) is 5.33. The molecule has 0 bridgehead atoms. The summed E-state index contributed by atoms with van der Waals surface area (Å²) < 4.78 is 47.6. The number of benzene rings is 1. The lowest BCUT2D eigenvalue weighted by atomic mass is 9.87. The number of aromatic nitrogens is 2. The molecule has 0 saturated heterocycles. The Kier molecular flexibility index (Phi) is 5.06. The molecular weight excluding hydrogens is 385 g/mol. The Morgan fingerprint density at radius 3 is 2.62 bits per heavy atom. The maximum atomic E-state index is 13.5. The third kappa shape index (κ3) is 3.73. The van der Waals surface area contributed by atoms with Gasteiger partial charge in [-0.05, 0) is 37.8 Å². The molecule has 154 valence electrons. The normalized spacial score (nSPS) is 24.8. The SMILES string of the molecule is COc1cc2nn(C3CCC(C=O)CC3)cc2cc1N1C=CC=NC1C(F)(F)F. The van der Waals surface area contributed by atoms with Gasteiger partial charge < -0.3 is 14.4 Å². The second-order valence-corrected chi connectivity index (χ2v) is 7.36. The number of anilines is 1. The van der Waals surface area contributed by atoms with Crippen molar-refractivity contribution in [3.05, 3.63) is 30.6 Å². The van der Waals surface area contributed by atoms with Crippen LogP contribution in [0.25, 0.3) is 10.9 Å². The van der Waals surface area contributed by atoms with E-state index in [-0.39, 0.29) is 17.6 Å². The molecule has 6 nitrogen and oxygen atoms in total. The van der Waals surface area contributed by atoms with E-state index in [1.165, 1.54) is 19.4 Å². The summed E-state index contributed by atoms with van der Waals surface area (Å²) in [6.07, 6.45) is 3.62. The quantitative estimate of drug-likeness (QED) is 0.712. The molecule has 29 heavy (non-hydrogen) atoms. The number of carbonyl (C=O) groups is 1. The Morgan fingerprint density at radius 1 is 1.21 bits per heavy atom. The number of ether oxygens (including phenoxy) is 1. The molecule has 4 rings (SSSR count). The van der Waals surface area contributed by atoms with Crippen LogP contribution in [0.1, 0.15) is 31.7 Å². The number of hydrogen-bond donors (Lipinski definition) is 0. The molecule has 2 aliphatic rings. The Labute approximate surface area is 165 Å². The van der Waals surface area contributed by atoms with E-state index in [1.807, 2.05) is 10.9 Å². The summed E-state index contributed by atoms with van der Waals surface area (Å²) in [4.78, 5) is 15.6. The number of hydrogen-bond acceptors (Lipinski definition) is 5. The highest BCUT2D eigenvalue weighted by Gasteiger charge is 2.44. The lowest BCUT2D eigenvalue weighted by molar-refractivity contribution is -0.145. The summed E-state index contributed by atoms with van der Waals surface area (Å²) in [6.45, 7) is 0. The van der Waals surface area contributed by atoms with Gasteiger partial charge in [-0.3, -0.25) is 9.67 Å². The highest BCUT2D eigenvalue weighted by Crippen LogP contribution is 2.39. The summed E-state index contributed by atoms with van der Waals surface area (Å²) in [7, 11) is 1.42. The van der Waals surface area contributed by atoms with Crippen molar-refractivity contribution < 1.29 is 22.7 Å². The molecule has 1 fully saturated rings. The fourth-order valence-corrected chi connectivity index (χ4v) is 3.98. The van der Waals surface area contributed by atoms with Gasteiger partial charge in [0.15, 0.2) is 0 Å². The van der Waals surface area contributed by atoms with Gasteiger partial charge in [0.25, 0.3) is 0 Å². The smallest absolute Gasteiger partial charge is 0.429 e. The number of aliphatic imine (C=N–C) groups is 1. The van der Waals surface area contributed by atoms with E-state index < -0.39 is 12.3 Å². The molecule has 1 unspecified atom stereocenters. The van der Waals surface area contributed by atoms with E-state index in [0.717, 1.165) is 48.5 Å². The van der Waals surface area contributed by atoms with Gasteiger partial charge in [0.05, 0.1) is 24.4 Å². The van der Waals surface area contributed by atoms with Crippen LogP contribution in [0.2, 0.25) is 0 Å². The number of methoxy groups -OCH3 is 1. The number of nitrogens with zero attached hydrogens (tertiary/aromatic N) is 4. The summed E-state index contributed by atoms with van der Waals surface area (Å²) >= 11 is 0. The summed E-state index contributed by atoms with van der Waals surface area (Å²) in [5.74, 6) is 0.400. The first kappa shape index (κ1) is 19.5. The molecule has 0 N–H and O–H groups in total. The maximum absolute atomic E-state index is 13.5. The van der Waals surface area contributed by atoms with Crippen molar-refractivity contribution in [1.82, 2.24) is 9.78 Å². The van der Waals surface area contributed by atoms with Crippen molar-refractivity contribution in [3.63, 3.8) is 0 Å². The molecule has 1 saturated carbocycles. The molecule has 2 aromatic rings. The molecule has 2 heterocycles. The molecule has 0 amide bonds. The molecule has 1 atom stereocenters. The van der Waals surface area contributed by atoms with Crippen LogP contribution in [0.4, 0.5) is 18.9 Å². The molecule has 1 aliphatic carbocycles. The first-order valence-electron chi connectivity index (χ1n) is 9.48. The molecule has 9 heteroatoms. The zero-order valence-corrected chi connectivity index (χ0v) is 15.8. The fraction of sp³-hybridized carbons (Fsp3) is 0.450. The Balaban J connectivity index is 1.69. The van der Waals surface area contributed by atoms with Gasteiger partial charge in [0.2, 0.25) is 6.17 Å². The van der Waals surface area contributed by atoms with Gasteiger partial charge in [-0.2, -0.15) is 18.3 Å². The first-order chi connectivity index (χ1) is 13.9. The minimum Gasteiger partial charge on any atom is -0.494 e. The monoisotopic (exact) mass is 406 g/mol. The van der Waals surface area contributed by atoms with Crippen LogP contribution in [-0.2, 0) is 4.79 Å². The van der Waals surface area contributed by atoms with E-state index in [9.17, 15) is 18.0 Å². The predicted molar refractivity (Wildman–Crippen MR) is 103 cm³/mol. The maximum Gasteiger partial charge on any atom is 0.429 e. The van der Waals surface area contributed by atoms with Crippen molar-refractivity contribution >= 4 is 29.1 Å². The molecule has 1 aliphatic heterocycles. The van der Waals surface area contributed by atoms with Crippen LogP contribution in [-0.4, -0.2) is 41.7 Å². The number of halogens is 3. The van der Waals surface area contributed by atoms with Crippen molar-refractivity contribution in [2.24, 2.45) is 10.9 Å². The van der Waals surface area contributed by atoms with E-state index in [1.54, 1.807) is 12.1 Å². The molecular formula is C20H21F3N4O2. The number of carbonyl (C=O) groups excluding carboxylic acids is 1. The zero-order valence-electron chi connectivity index (χ0n) is 15.8. The lowest BCUT2D eigenvalue weighted by Gasteiger charge is -2.31. The van der Waals surface area contributed by atoms with Crippen molar-refractivity contribution in [3.8, 4) is 5.75 Å². The minimum atomic E-state index is -4.53. The van der Waals surface area contributed by atoms with Crippen LogP contribution in [0.3, 0.4) is 0 Å². The van der Waals surface area contributed by atoms with Crippen LogP contribution in [0, 0.1) is 5.92 Å². The molecule has 0 radical (unpaired) electrons. The van der Waals surface area contributed by atoms with Gasteiger partial charge >= 0.3 is 6.18 Å². The molecule has 1 aromatic heterocycles. The molecule has 0 spiro atoms. The minimum absolute atomic E-state index is 0.105. The van der Waals surface area contributed by atoms with E-state index in [2.05, 4.69) is 10.1 Å². The summed E-state index contributed by atoms with van der Waals surface area (Å²) in [5.41, 5.74) is 0.927. The zero-order chi connectivity index (χ0) is 20.6. The number of aldehydes is 1. The standard InChI is InChI=1S/C20H21F3N4O2/c1-29-18-10-16-14(11-27(25-16)15-5-3-13(12-28)4-6-15)9-17(18)26-8-2-7-24-19(26)20(21,22)23/h2,7-13,15,19H,3-6H2,1H3. The largest absolute Gasteiger partial charge is 0.494 e. The second kappa shape index (κ2) is 7.53.